The van der Waals surface area contributed by atoms with Crippen molar-refractivity contribution >= 4 is 11.9 Å². The second kappa shape index (κ2) is 11.5. The van der Waals surface area contributed by atoms with Crippen molar-refractivity contribution < 1.29 is 19.4 Å². The summed E-state index contributed by atoms with van der Waals surface area (Å²) in [7, 11) is 0. The first-order chi connectivity index (χ1) is 17.7. The van der Waals surface area contributed by atoms with Crippen molar-refractivity contribution in [1.82, 2.24) is 9.55 Å². The molecule has 7 nitrogen and oxygen atoms in total. The minimum absolute atomic E-state index is 0.199. The Balaban J connectivity index is 2.16. The molecule has 3 aromatic rings. The number of aliphatic hydroxyl groups excluding tert-OH is 1. The van der Waals surface area contributed by atoms with Gasteiger partial charge in [0.05, 0.1) is 5.56 Å². The van der Waals surface area contributed by atoms with Crippen molar-refractivity contribution in [2.24, 2.45) is 11.1 Å². The van der Waals surface area contributed by atoms with Gasteiger partial charge in [-0.3, -0.25) is 4.79 Å². The fourth-order valence-electron chi connectivity index (χ4n) is 4.32. The maximum Gasteiger partial charge on any atom is 0.339 e. The molecule has 1 heterocycles. The van der Waals surface area contributed by atoms with Crippen molar-refractivity contribution in [3.05, 3.63) is 76.9 Å². The van der Waals surface area contributed by atoms with E-state index in [1.54, 1.807) is 4.57 Å². The summed E-state index contributed by atoms with van der Waals surface area (Å²) >= 11 is 0. The highest BCUT2D eigenvalue weighted by molar-refractivity contribution is 5.98. The van der Waals surface area contributed by atoms with Gasteiger partial charge in [0.25, 0.3) is 5.91 Å². The van der Waals surface area contributed by atoms with Crippen LogP contribution in [0.15, 0.2) is 48.5 Å². The van der Waals surface area contributed by atoms with E-state index in [1.807, 2.05) is 90.1 Å². The van der Waals surface area contributed by atoms with Crippen molar-refractivity contribution in [3.8, 4) is 11.1 Å². The first-order valence-corrected chi connectivity index (χ1v) is 13.2. The summed E-state index contributed by atoms with van der Waals surface area (Å²) in [6.07, 6.45) is 1.49. The lowest BCUT2D eigenvalue weighted by Crippen LogP contribution is -2.25. The lowest BCUT2D eigenvalue weighted by molar-refractivity contribution is 0.00701. The number of amides is 1. The number of imidazole rings is 1. The van der Waals surface area contributed by atoms with Crippen LogP contribution < -0.4 is 5.73 Å². The van der Waals surface area contributed by atoms with Crippen LogP contribution in [0, 0.1) is 5.41 Å². The molecule has 0 radical (unpaired) electrons. The Bertz CT molecular complexity index is 1280. The number of hydrogen-bond donors (Lipinski definition) is 2. The van der Waals surface area contributed by atoms with E-state index in [2.05, 4.69) is 6.92 Å². The molecule has 0 bridgehead atoms. The Kier molecular flexibility index (Phi) is 8.82. The molecular weight excluding hydrogens is 478 g/mol. The maximum absolute atomic E-state index is 13.3. The standard InChI is InChI=1S/C31H41N3O4/c1-8-9-15-24-33-25(27(35)30(2,3)4)26(28(32)36)34(24)19-20-16-17-22(21-13-11-10-12-14-21)23(18-20)29(37)38-31(5,6)7/h10-14,16-18,27,35H,8-9,15,19H2,1-7H3,(H2,32,36). The summed E-state index contributed by atoms with van der Waals surface area (Å²) in [6, 6.07) is 15.3. The molecule has 204 valence electrons. The Hall–Kier alpha value is -3.45. The predicted octanol–water partition coefficient (Wildman–Crippen LogP) is 6.07. The molecule has 0 aliphatic rings. The first kappa shape index (κ1) is 29.1. The number of carbonyl (C=O) groups is 2. The molecule has 38 heavy (non-hydrogen) atoms. The quantitative estimate of drug-likeness (QED) is 0.333. The summed E-state index contributed by atoms with van der Waals surface area (Å²) in [5, 5.41) is 11.1. The monoisotopic (exact) mass is 519 g/mol. The third-order valence-electron chi connectivity index (χ3n) is 6.27. The Morgan fingerprint density at radius 2 is 1.71 bits per heavy atom. The van der Waals surface area contributed by atoms with Gasteiger partial charge < -0.3 is 20.1 Å². The Morgan fingerprint density at radius 3 is 2.26 bits per heavy atom. The highest BCUT2D eigenvalue weighted by atomic mass is 16.6. The lowest BCUT2D eigenvalue weighted by atomic mass is 9.86. The summed E-state index contributed by atoms with van der Waals surface area (Å²) in [4.78, 5) is 30.7. The highest BCUT2D eigenvalue weighted by Gasteiger charge is 2.33. The number of aliphatic hydroxyl groups is 1. The normalized spacial score (nSPS) is 12.8. The van der Waals surface area contributed by atoms with E-state index < -0.39 is 29.0 Å². The molecular formula is C31H41N3O4. The van der Waals surface area contributed by atoms with Gasteiger partial charge in [-0.25, -0.2) is 9.78 Å². The van der Waals surface area contributed by atoms with E-state index in [-0.39, 0.29) is 12.2 Å². The minimum Gasteiger partial charge on any atom is -0.456 e. The number of hydrogen-bond acceptors (Lipinski definition) is 5. The molecule has 7 heteroatoms. The van der Waals surface area contributed by atoms with E-state index in [1.165, 1.54) is 0 Å². The molecule has 0 spiro atoms. The number of primary amides is 1. The number of benzene rings is 2. The van der Waals surface area contributed by atoms with Crippen LogP contribution in [0.25, 0.3) is 11.1 Å². The molecule has 2 aromatic carbocycles. The van der Waals surface area contributed by atoms with Crippen molar-refractivity contribution in [3.63, 3.8) is 0 Å². The number of ether oxygens (including phenoxy) is 1. The number of aromatic nitrogens is 2. The van der Waals surface area contributed by atoms with Crippen LogP contribution in [0.5, 0.6) is 0 Å². The van der Waals surface area contributed by atoms with Gasteiger partial charge in [0, 0.05) is 13.0 Å². The first-order valence-electron chi connectivity index (χ1n) is 13.2. The second-order valence-electron chi connectivity index (χ2n) is 11.8. The van der Waals surface area contributed by atoms with Crippen LogP contribution in [0.3, 0.4) is 0 Å². The fraction of sp³-hybridized carbons (Fsp3) is 0.452. The molecule has 1 aromatic heterocycles. The van der Waals surface area contributed by atoms with Gasteiger partial charge in [-0.15, -0.1) is 0 Å². The smallest absolute Gasteiger partial charge is 0.339 e. The van der Waals surface area contributed by atoms with Gasteiger partial charge in [-0.2, -0.15) is 0 Å². The van der Waals surface area contributed by atoms with Crippen molar-refractivity contribution in [2.75, 3.05) is 0 Å². The SMILES string of the molecule is CCCCc1nc(C(O)C(C)(C)C)c(C(N)=O)n1Cc1ccc(-c2ccccc2)c(C(=O)OC(C)(C)C)c1. The summed E-state index contributed by atoms with van der Waals surface area (Å²) in [5.74, 6) is -0.384. The van der Waals surface area contributed by atoms with Crippen LogP contribution in [0.4, 0.5) is 0 Å². The summed E-state index contributed by atoms with van der Waals surface area (Å²) in [5.41, 5.74) is 8.05. The fourth-order valence-corrected chi connectivity index (χ4v) is 4.32. The summed E-state index contributed by atoms with van der Waals surface area (Å²) < 4.78 is 7.53. The Morgan fingerprint density at radius 1 is 1.05 bits per heavy atom. The van der Waals surface area contributed by atoms with E-state index in [9.17, 15) is 14.7 Å². The molecule has 0 aliphatic carbocycles. The predicted molar refractivity (Wildman–Crippen MR) is 150 cm³/mol. The number of nitrogens with two attached hydrogens (primary N) is 1. The average molecular weight is 520 g/mol. The molecule has 0 saturated carbocycles. The number of esters is 1. The maximum atomic E-state index is 13.3. The molecule has 0 fully saturated rings. The lowest BCUT2D eigenvalue weighted by Gasteiger charge is -2.25. The molecule has 0 aliphatic heterocycles. The van der Waals surface area contributed by atoms with Gasteiger partial charge >= 0.3 is 5.97 Å². The Labute approximate surface area is 226 Å². The molecule has 3 rings (SSSR count). The van der Waals surface area contributed by atoms with Gasteiger partial charge in [-0.05, 0) is 55.4 Å². The topological polar surface area (TPSA) is 107 Å². The zero-order chi connectivity index (χ0) is 28.3. The third-order valence-corrected chi connectivity index (χ3v) is 6.27. The molecule has 0 saturated heterocycles. The van der Waals surface area contributed by atoms with Crippen LogP contribution in [0.1, 0.15) is 105 Å². The van der Waals surface area contributed by atoms with Gasteiger partial charge in [-0.1, -0.05) is 76.6 Å². The molecule has 1 amide bonds. The van der Waals surface area contributed by atoms with Gasteiger partial charge in [0.2, 0.25) is 0 Å². The van der Waals surface area contributed by atoms with Crippen LogP contribution >= 0.6 is 0 Å². The van der Waals surface area contributed by atoms with Crippen LogP contribution in [-0.4, -0.2) is 32.1 Å². The number of rotatable bonds is 9. The highest BCUT2D eigenvalue weighted by Crippen LogP contribution is 2.35. The largest absolute Gasteiger partial charge is 0.456 e. The number of nitrogens with zero attached hydrogens (tertiary/aromatic N) is 2. The van der Waals surface area contributed by atoms with E-state index in [0.29, 0.717) is 23.5 Å². The zero-order valence-electron chi connectivity index (χ0n) is 23.7. The average Bonchev–Trinajstić information content (AvgIpc) is 3.19. The molecule has 3 N–H and O–H groups in total. The zero-order valence-corrected chi connectivity index (χ0v) is 23.7. The van der Waals surface area contributed by atoms with E-state index in [0.717, 1.165) is 29.5 Å². The number of aryl methyl sites for hydroxylation is 1. The van der Waals surface area contributed by atoms with Crippen molar-refractivity contribution in [1.29, 1.82) is 0 Å². The number of unbranched alkanes of at least 4 members (excludes halogenated alkanes) is 1. The van der Waals surface area contributed by atoms with Crippen LogP contribution in [-0.2, 0) is 17.7 Å². The van der Waals surface area contributed by atoms with Crippen LogP contribution in [0.2, 0.25) is 0 Å². The van der Waals surface area contributed by atoms with Gasteiger partial charge in [0.15, 0.2) is 0 Å². The van der Waals surface area contributed by atoms with Gasteiger partial charge in [0.1, 0.15) is 28.9 Å². The second-order valence-corrected chi connectivity index (χ2v) is 11.8. The molecule has 1 atom stereocenters. The van der Waals surface area contributed by atoms with Crippen molar-refractivity contribution in [2.45, 2.75) is 86.0 Å². The number of carbonyl (C=O) groups excluding carboxylic acids is 2. The van der Waals surface area contributed by atoms with E-state index in [4.69, 9.17) is 15.5 Å². The molecule has 1 unspecified atom stereocenters. The third kappa shape index (κ3) is 6.90. The minimum atomic E-state index is -0.968. The van der Waals surface area contributed by atoms with E-state index >= 15 is 0 Å². The summed E-state index contributed by atoms with van der Waals surface area (Å²) in [6.45, 7) is 13.5.